The van der Waals surface area contributed by atoms with Crippen molar-refractivity contribution in [2.24, 2.45) is 0 Å². The maximum atomic E-state index is 12.5. The number of H-pyrrole nitrogens is 1. The van der Waals surface area contributed by atoms with Crippen LogP contribution in [0.4, 0.5) is 5.69 Å². The molecule has 0 saturated carbocycles. The highest BCUT2D eigenvalue weighted by atomic mass is 32.2. The Morgan fingerprint density at radius 2 is 2.03 bits per heavy atom. The van der Waals surface area contributed by atoms with Crippen molar-refractivity contribution >= 4 is 35.0 Å². The van der Waals surface area contributed by atoms with E-state index in [9.17, 15) is 9.90 Å². The second-order valence-corrected chi connectivity index (χ2v) is 8.51. The Balaban J connectivity index is 1.28. The van der Waals surface area contributed by atoms with Gasteiger partial charge in [-0.05, 0) is 36.4 Å². The van der Waals surface area contributed by atoms with Crippen molar-refractivity contribution in [1.82, 2.24) is 15.5 Å². The van der Waals surface area contributed by atoms with Gasteiger partial charge in [-0.1, -0.05) is 18.2 Å². The number of benzene rings is 2. The van der Waals surface area contributed by atoms with E-state index in [1.54, 1.807) is 43.3 Å². The predicted octanol–water partition coefficient (Wildman–Crippen LogP) is 3.03. The zero-order valence-corrected chi connectivity index (χ0v) is 19.0. The molecule has 2 aromatic carbocycles. The van der Waals surface area contributed by atoms with Crippen LogP contribution in [0.3, 0.4) is 0 Å². The van der Waals surface area contributed by atoms with Crippen LogP contribution in [0.2, 0.25) is 0 Å². The molecular weight excluding hydrogens is 440 g/mol. The average Bonchev–Trinajstić information content (AvgIpc) is 3.46. The third-order valence-corrected chi connectivity index (χ3v) is 6.08. The predicted molar refractivity (Wildman–Crippen MR) is 130 cm³/mol. The molecule has 1 aromatic heterocycles. The van der Waals surface area contributed by atoms with Gasteiger partial charge in [0.25, 0.3) is 5.91 Å². The molecule has 0 spiro atoms. The first-order valence-corrected chi connectivity index (χ1v) is 11.6. The molecule has 3 aromatic rings. The molecule has 172 valence electrons. The summed E-state index contributed by atoms with van der Waals surface area (Å²) < 4.78 is 11.3. The molecule has 4 rings (SSSR count). The number of methoxy groups -OCH3 is 1. The van der Waals surface area contributed by atoms with Crippen LogP contribution in [-0.4, -0.2) is 59.9 Å². The maximum absolute atomic E-state index is 12.5. The highest BCUT2D eigenvalue weighted by molar-refractivity contribution is 7.99. The summed E-state index contributed by atoms with van der Waals surface area (Å²) in [6.07, 6.45) is 2.67. The smallest absolute Gasteiger partial charge is 0.256 e. The number of anilines is 1. The number of amides is 1. The van der Waals surface area contributed by atoms with E-state index in [4.69, 9.17) is 9.47 Å². The van der Waals surface area contributed by atoms with Crippen molar-refractivity contribution < 1.29 is 19.4 Å². The Hall–Kier alpha value is -3.27. The lowest BCUT2D eigenvalue weighted by Crippen LogP contribution is -2.32. The van der Waals surface area contributed by atoms with E-state index in [1.165, 1.54) is 0 Å². The molecule has 1 aliphatic heterocycles. The standard InChI is InChI=1S/C24H26N4O4S/c1-31-20-6-2-3-8-22(20)33-12-11-25-14-17(29)15-32-21-7-4-5-19-23(21)18(24(30)27-19)13-16-9-10-26-28-16/h2-10,13,17,25,29H,11-12,14-15H2,1H3,(H,26,28)(H,27,30). The van der Waals surface area contributed by atoms with Gasteiger partial charge < -0.3 is 25.2 Å². The zero-order chi connectivity index (χ0) is 23.0. The van der Waals surface area contributed by atoms with Crippen LogP contribution in [0.1, 0.15) is 11.3 Å². The molecular formula is C24H26N4O4S. The monoisotopic (exact) mass is 466 g/mol. The number of hydrogen-bond donors (Lipinski definition) is 4. The number of nitrogens with one attached hydrogen (secondary N) is 3. The van der Waals surface area contributed by atoms with Gasteiger partial charge >= 0.3 is 0 Å². The molecule has 0 radical (unpaired) electrons. The van der Waals surface area contributed by atoms with Gasteiger partial charge in [-0.15, -0.1) is 11.8 Å². The number of nitrogens with zero attached hydrogens (tertiary/aromatic N) is 1. The fourth-order valence-electron chi connectivity index (χ4n) is 3.46. The number of aliphatic hydroxyl groups is 1. The number of para-hydroxylation sites is 1. The lowest BCUT2D eigenvalue weighted by molar-refractivity contribution is -0.110. The first-order chi connectivity index (χ1) is 16.2. The van der Waals surface area contributed by atoms with Crippen LogP contribution in [-0.2, 0) is 4.79 Å². The van der Waals surface area contributed by atoms with E-state index in [0.29, 0.717) is 29.1 Å². The van der Waals surface area contributed by atoms with Crippen molar-refractivity contribution in [2.75, 3.05) is 37.9 Å². The van der Waals surface area contributed by atoms with Crippen molar-refractivity contribution in [3.63, 3.8) is 0 Å². The summed E-state index contributed by atoms with van der Waals surface area (Å²) >= 11 is 1.70. The first-order valence-electron chi connectivity index (χ1n) is 10.6. The number of carbonyl (C=O) groups excluding carboxylic acids is 1. The van der Waals surface area contributed by atoms with Gasteiger partial charge in [0.2, 0.25) is 0 Å². The SMILES string of the molecule is COc1ccccc1SCCNCC(O)COc1cccc2c1C(=Cc1ccn[nH]1)C(=O)N2. The van der Waals surface area contributed by atoms with Crippen molar-refractivity contribution in [3.05, 3.63) is 66.0 Å². The second-order valence-electron chi connectivity index (χ2n) is 7.37. The molecule has 33 heavy (non-hydrogen) atoms. The summed E-state index contributed by atoms with van der Waals surface area (Å²) in [5, 5.41) is 23.2. The lowest BCUT2D eigenvalue weighted by Gasteiger charge is -2.15. The third kappa shape index (κ3) is 5.75. The zero-order valence-electron chi connectivity index (χ0n) is 18.2. The van der Waals surface area contributed by atoms with E-state index < -0.39 is 6.10 Å². The third-order valence-electron chi connectivity index (χ3n) is 5.03. The minimum atomic E-state index is -0.692. The van der Waals surface area contributed by atoms with Crippen LogP contribution in [0.5, 0.6) is 11.5 Å². The number of rotatable bonds is 11. The van der Waals surface area contributed by atoms with E-state index in [2.05, 4.69) is 20.8 Å². The van der Waals surface area contributed by atoms with Gasteiger partial charge in [-0.25, -0.2) is 0 Å². The highest BCUT2D eigenvalue weighted by Crippen LogP contribution is 2.39. The topological polar surface area (TPSA) is 108 Å². The Morgan fingerprint density at radius 1 is 1.18 bits per heavy atom. The Kier molecular flexibility index (Phi) is 7.66. The van der Waals surface area contributed by atoms with Crippen LogP contribution < -0.4 is 20.1 Å². The highest BCUT2D eigenvalue weighted by Gasteiger charge is 2.28. The number of ether oxygens (including phenoxy) is 2. The fraction of sp³-hybridized carbons (Fsp3) is 0.250. The van der Waals surface area contributed by atoms with Gasteiger partial charge in [0.1, 0.15) is 24.2 Å². The van der Waals surface area contributed by atoms with Gasteiger partial charge in [-0.3, -0.25) is 9.89 Å². The number of aromatic amines is 1. The molecule has 0 saturated heterocycles. The van der Waals surface area contributed by atoms with Gasteiger partial charge in [-0.2, -0.15) is 5.10 Å². The molecule has 0 fully saturated rings. The van der Waals surface area contributed by atoms with Gasteiger partial charge in [0.05, 0.1) is 29.6 Å². The lowest BCUT2D eigenvalue weighted by atomic mass is 10.0. The number of hydrogen-bond acceptors (Lipinski definition) is 7. The minimum Gasteiger partial charge on any atom is -0.496 e. The summed E-state index contributed by atoms with van der Waals surface area (Å²) in [5.74, 6) is 2.04. The molecule has 1 amide bonds. The van der Waals surface area contributed by atoms with E-state index >= 15 is 0 Å². The molecule has 0 bridgehead atoms. The number of thioether (sulfide) groups is 1. The van der Waals surface area contributed by atoms with Gasteiger partial charge in [0, 0.05) is 29.9 Å². The van der Waals surface area contributed by atoms with E-state index in [0.717, 1.165) is 28.6 Å². The summed E-state index contributed by atoms with van der Waals surface area (Å²) in [4.78, 5) is 13.5. The number of carbonyl (C=O) groups is 1. The molecule has 1 unspecified atom stereocenters. The van der Waals surface area contributed by atoms with Crippen LogP contribution >= 0.6 is 11.8 Å². The Labute approximate surface area is 196 Å². The molecule has 1 aliphatic rings. The molecule has 0 aliphatic carbocycles. The summed E-state index contributed by atoms with van der Waals surface area (Å²) in [5.41, 5.74) is 2.58. The minimum absolute atomic E-state index is 0.106. The number of aromatic nitrogens is 2. The summed E-state index contributed by atoms with van der Waals surface area (Å²) in [6.45, 7) is 1.24. The van der Waals surface area contributed by atoms with Crippen molar-refractivity contribution in [2.45, 2.75) is 11.0 Å². The summed E-state index contributed by atoms with van der Waals surface area (Å²) in [7, 11) is 1.66. The largest absolute Gasteiger partial charge is 0.496 e. The van der Waals surface area contributed by atoms with Crippen molar-refractivity contribution in [1.29, 1.82) is 0 Å². The fourth-order valence-corrected chi connectivity index (χ4v) is 4.40. The molecule has 8 nitrogen and oxygen atoms in total. The van der Waals surface area contributed by atoms with Crippen LogP contribution in [0.25, 0.3) is 11.6 Å². The van der Waals surface area contributed by atoms with Crippen LogP contribution in [0, 0.1) is 0 Å². The molecule has 2 heterocycles. The average molecular weight is 467 g/mol. The quantitative estimate of drug-likeness (QED) is 0.195. The number of aliphatic hydroxyl groups excluding tert-OH is 1. The van der Waals surface area contributed by atoms with Crippen LogP contribution in [0.15, 0.2) is 59.6 Å². The number of fused-ring (bicyclic) bond motifs is 1. The van der Waals surface area contributed by atoms with Gasteiger partial charge in [0.15, 0.2) is 0 Å². The van der Waals surface area contributed by atoms with E-state index in [1.807, 2.05) is 36.4 Å². The maximum Gasteiger partial charge on any atom is 0.256 e. The van der Waals surface area contributed by atoms with Crippen molar-refractivity contribution in [3.8, 4) is 11.5 Å². The Morgan fingerprint density at radius 3 is 2.85 bits per heavy atom. The normalized spacial score (nSPS) is 14.7. The molecule has 9 heteroatoms. The molecule has 4 N–H and O–H groups in total. The first kappa shape index (κ1) is 22.9. The van der Waals surface area contributed by atoms with E-state index in [-0.39, 0.29) is 12.5 Å². The Bertz CT molecular complexity index is 1120. The second kappa shape index (κ2) is 11.0. The molecule has 1 atom stereocenters. The summed E-state index contributed by atoms with van der Waals surface area (Å²) in [6, 6.07) is 15.1.